The van der Waals surface area contributed by atoms with Gasteiger partial charge in [-0.25, -0.2) is 4.79 Å². The molecule has 0 saturated heterocycles. The number of hydrogen-bond acceptors (Lipinski definition) is 5. The summed E-state index contributed by atoms with van der Waals surface area (Å²) in [6.07, 6.45) is 1.34. The molecule has 0 bridgehead atoms. The molecule has 22 heavy (non-hydrogen) atoms. The smallest absolute Gasteiger partial charge is 0.330 e. The van der Waals surface area contributed by atoms with Gasteiger partial charge in [0.05, 0.1) is 12.7 Å². The molecule has 0 radical (unpaired) electrons. The average molecular weight is 305 g/mol. The van der Waals surface area contributed by atoms with Crippen molar-refractivity contribution in [1.82, 2.24) is 9.55 Å². The van der Waals surface area contributed by atoms with Crippen molar-refractivity contribution in [2.24, 2.45) is 5.73 Å². The number of nitrogens with one attached hydrogen (secondary N) is 1. The lowest BCUT2D eigenvalue weighted by molar-refractivity contribution is -0.0200. The number of hydrogen-bond donors (Lipinski definition) is 3. The highest BCUT2D eigenvalue weighted by Crippen LogP contribution is 2.04. The van der Waals surface area contributed by atoms with Crippen molar-refractivity contribution in [2.75, 3.05) is 13.2 Å². The Hall–Kier alpha value is -2.22. The quantitative estimate of drug-likeness (QED) is 0.634. The summed E-state index contributed by atoms with van der Waals surface area (Å²) in [6, 6.07) is 9.47. The fourth-order valence-corrected chi connectivity index (χ4v) is 1.97. The molecular formula is C15H19N3O4. The molecular weight excluding hydrogens is 286 g/mol. The zero-order valence-corrected chi connectivity index (χ0v) is 12.1. The summed E-state index contributed by atoms with van der Waals surface area (Å²) >= 11 is 0. The van der Waals surface area contributed by atoms with Gasteiger partial charge in [0.2, 0.25) is 0 Å². The van der Waals surface area contributed by atoms with Crippen LogP contribution in [0.25, 0.3) is 0 Å². The maximum absolute atomic E-state index is 11.9. The van der Waals surface area contributed by atoms with Crippen molar-refractivity contribution < 1.29 is 9.84 Å². The van der Waals surface area contributed by atoms with Gasteiger partial charge in [0.25, 0.3) is 5.56 Å². The van der Waals surface area contributed by atoms with Crippen molar-refractivity contribution in [3.8, 4) is 0 Å². The van der Waals surface area contributed by atoms with E-state index in [9.17, 15) is 9.59 Å². The molecule has 1 atom stereocenters. The molecule has 1 aromatic carbocycles. The fraction of sp³-hybridized carbons (Fsp3) is 0.333. The zero-order chi connectivity index (χ0) is 15.9. The Morgan fingerprint density at radius 1 is 1.27 bits per heavy atom. The first kappa shape index (κ1) is 16.2. The molecule has 2 rings (SSSR count). The van der Waals surface area contributed by atoms with Gasteiger partial charge in [-0.05, 0) is 5.56 Å². The van der Waals surface area contributed by atoms with Gasteiger partial charge in [0.15, 0.2) is 0 Å². The standard InChI is InChI=1S/C15H19N3O4/c16-7-13(9-19)22-10-18-8-12(14(20)17-15(18)21)6-11-4-2-1-3-5-11/h1-5,8,13,19H,6-7,9-10,16H2,(H,17,20,21). The van der Waals surface area contributed by atoms with Crippen LogP contribution in [-0.4, -0.2) is 33.9 Å². The van der Waals surface area contributed by atoms with E-state index < -0.39 is 17.4 Å². The van der Waals surface area contributed by atoms with E-state index in [0.717, 1.165) is 5.56 Å². The summed E-state index contributed by atoms with van der Waals surface area (Å²) in [7, 11) is 0. The van der Waals surface area contributed by atoms with Crippen molar-refractivity contribution in [2.45, 2.75) is 19.3 Å². The number of aromatic amines is 1. The number of ether oxygens (including phenoxy) is 1. The van der Waals surface area contributed by atoms with Crippen LogP contribution in [0.3, 0.4) is 0 Å². The maximum atomic E-state index is 11.9. The molecule has 7 nitrogen and oxygen atoms in total. The lowest BCUT2D eigenvalue weighted by Gasteiger charge is -2.14. The molecule has 4 N–H and O–H groups in total. The van der Waals surface area contributed by atoms with Crippen LogP contribution in [0.1, 0.15) is 11.1 Å². The third kappa shape index (κ3) is 4.14. The Morgan fingerprint density at radius 3 is 2.64 bits per heavy atom. The summed E-state index contributed by atoms with van der Waals surface area (Å²) < 4.78 is 6.57. The number of nitrogens with two attached hydrogens (primary N) is 1. The van der Waals surface area contributed by atoms with E-state index in [0.29, 0.717) is 12.0 Å². The van der Waals surface area contributed by atoms with E-state index in [1.165, 1.54) is 10.8 Å². The third-order valence-corrected chi connectivity index (χ3v) is 3.24. The molecule has 1 unspecified atom stereocenters. The van der Waals surface area contributed by atoms with Crippen LogP contribution in [0.15, 0.2) is 46.1 Å². The highest BCUT2D eigenvalue weighted by molar-refractivity contribution is 5.22. The number of aliphatic hydroxyl groups is 1. The van der Waals surface area contributed by atoms with Gasteiger partial charge in [0, 0.05) is 24.7 Å². The summed E-state index contributed by atoms with van der Waals surface area (Å²) in [5, 5.41) is 9.02. The van der Waals surface area contributed by atoms with Crippen LogP contribution in [0.4, 0.5) is 0 Å². The fourth-order valence-electron chi connectivity index (χ4n) is 1.97. The summed E-state index contributed by atoms with van der Waals surface area (Å²) in [6.45, 7) is -0.170. The molecule has 0 amide bonds. The normalized spacial score (nSPS) is 12.3. The largest absolute Gasteiger partial charge is 0.394 e. The molecule has 7 heteroatoms. The Kier molecular flexibility index (Phi) is 5.65. The highest BCUT2D eigenvalue weighted by Gasteiger charge is 2.09. The van der Waals surface area contributed by atoms with Gasteiger partial charge in [-0.1, -0.05) is 30.3 Å². The van der Waals surface area contributed by atoms with E-state index in [2.05, 4.69) is 4.98 Å². The van der Waals surface area contributed by atoms with Crippen LogP contribution in [0, 0.1) is 0 Å². The number of benzene rings is 1. The van der Waals surface area contributed by atoms with E-state index in [1.807, 2.05) is 30.3 Å². The Morgan fingerprint density at radius 2 is 2.00 bits per heavy atom. The van der Waals surface area contributed by atoms with E-state index in [4.69, 9.17) is 15.6 Å². The van der Waals surface area contributed by atoms with Gasteiger partial charge in [-0.2, -0.15) is 0 Å². The first-order chi connectivity index (χ1) is 10.6. The minimum atomic E-state index is -0.560. The Labute approximate surface area is 127 Å². The number of aromatic nitrogens is 2. The van der Waals surface area contributed by atoms with Crippen molar-refractivity contribution in [1.29, 1.82) is 0 Å². The number of H-pyrrole nitrogens is 1. The number of rotatable bonds is 7. The molecule has 1 heterocycles. The zero-order valence-electron chi connectivity index (χ0n) is 12.1. The number of aliphatic hydroxyl groups excluding tert-OH is 1. The first-order valence-corrected chi connectivity index (χ1v) is 6.93. The van der Waals surface area contributed by atoms with Crippen molar-refractivity contribution >= 4 is 0 Å². The summed E-state index contributed by atoms with van der Waals surface area (Å²) in [5.41, 5.74) is 5.87. The predicted octanol–water partition coefficient (Wildman–Crippen LogP) is -0.579. The van der Waals surface area contributed by atoms with Crippen molar-refractivity contribution in [3.63, 3.8) is 0 Å². The molecule has 0 aliphatic carbocycles. The maximum Gasteiger partial charge on any atom is 0.330 e. The summed E-state index contributed by atoms with van der Waals surface area (Å²) in [5.74, 6) is 0. The van der Waals surface area contributed by atoms with Gasteiger partial charge in [-0.3, -0.25) is 14.3 Å². The van der Waals surface area contributed by atoms with Crippen LogP contribution < -0.4 is 17.0 Å². The second kappa shape index (κ2) is 7.69. The lowest BCUT2D eigenvalue weighted by atomic mass is 10.1. The molecule has 0 aliphatic rings. The molecule has 0 spiro atoms. The van der Waals surface area contributed by atoms with Gasteiger partial charge in [0.1, 0.15) is 6.73 Å². The van der Waals surface area contributed by atoms with E-state index in [-0.39, 0.29) is 19.9 Å². The minimum absolute atomic E-state index is 0.0835. The Bertz CT molecular complexity index is 705. The molecule has 1 aromatic heterocycles. The van der Waals surface area contributed by atoms with Crippen LogP contribution >= 0.6 is 0 Å². The van der Waals surface area contributed by atoms with Gasteiger partial charge in [-0.15, -0.1) is 0 Å². The predicted molar refractivity (Wildman–Crippen MR) is 81.6 cm³/mol. The monoisotopic (exact) mass is 305 g/mol. The highest BCUT2D eigenvalue weighted by atomic mass is 16.5. The SMILES string of the molecule is NCC(CO)OCn1cc(Cc2ccccc2)c(=O)[nH]c1=O. The molecule has 118 valence electrons. The minimum Gasteiger partial charge on any atom is -0.394 e. The van der Waals surface area contributed by atoms with Gasteiger partial charge < -0.3 is 15.6 Å². The lowest BCUT2D eigenvalue weighted by Crippen LogP contribution is -2.35. The first-order valence-electron chi connectivity index (χ1n) is 6.93. The molecule has 0 aliphatic heterocycles. The topological polar surface area (TPSA) is 110 Å². The van der Waals surface area contributed by atoms with Crippen LogP contribution in [-0.2, 0) is 17.9 Å². The molecule has 0 fully saturated rings. The number of nitrogens with zero attached hydrogens (tertiary/aromatic N) is 1. The summed E-state index contributed by atoms with van der Waals surface area (Å²) in [4.78, 5) is 25.9. The van der Waals surface area contributed by atoms with Crippen molar-refractivity contribution in [3.05, 3.63) is 68.5 Å². The second-order valence-corrected chi connectivity index (χ2v) is 4.88. The second-order valence-electron chi connectivity index (χ2n) is 4.88. The van der Waals surface area contributed by atoms with Crippen LogP contribution in [0.5, 0.6) is 0 Å². The van der Waals surface area contributed by atoms with Gasteiger partial charge >= 0.3 is 5.69 Å². The molecule has 0 saturated carbocycles. The average Bonchev–Trinajstić information content (AvgIpc) is 2.53. The Balaban J connectivity index is 2.20. The molecule has 2 aromatic rings. The third-order valence-electron chi connectivity index (χ3n) is 3.24. The van der Waals surface area contributed by atoms with E-state index in [1.54, 1.807) is 0 Å². The van der Waals surface area contributed by atoms with Crippen LogP contribution in [0.2, 0.25) is 0 Å². The van der Waals surface area contributed by atoms with E-state index >= 15 is 0 Å².